The molecule has 2 heterocycles. The molecule has 4 nitrogen and oxygen atoms in total. The summed E-state index contributed by atoms with van der Waals surface area (Å²) >= 11 is 0. The quantitative estimate of drug-likeness (QED) is 0.167. The lowest BCUT2D eigenvalue weighted by atomic mass is 9.91. The molecule has 0 aliphatic carbocycles. The third-order valence-corrected chi connectivity index (χ3v) is 10.5. The molecule has 1 aromatic heterocycles. The molecule has 1 aliphatic rings. The molecule has 264 valence electrons. The van der Waals surface area contributed by atoms with Crippen LogP contribution < -0.4 is 0 Å². The molecule has 0 unspecified atom stereocenters. The predicted octanol–water partition coefficient (Wildman–Crippen LogP) is 12.9. The number of nitrogens with one attached hydrogen (secondary N) is 1. The summed E-state index contributed by atoms with van der Waals surface area (Å²) in [6.07, 6.45) is -0.308. The van der Waals surface area contributed by atoms with Gasteiger partial charge in [0.05, 0.1) is 22.8 Å². The van der Waals surface area contributed by atoms with E-state index in [0.717, 1.165) is 73.1 Å². The van der Waals surface area contributed by atoms with Crippen molar-refractivity contribution in [3.63, 3.8) is 0 Å². The van der Waals surface area contributed by atoms with E-state index < -0.39 is 0 Å². The molecule has 0 saturated carbocycles. The maximum Gasteiger partial charge on any atom is 0.166 e. The van der Waals surface area contributed by atoms with Gasteiger partial charge in [0.2, 0.25) is 0 Å². The van der Waals surface area contributed by atoms with Gasteiger partial charge < -0.3 is 4.98 Å². The molecule has 56 heavy (non-hydrogen) atoms. The fraction of sp³-hybridized carbons (Fsp3) is 0.0192. The van der Waals surface area contributed by atoms with E-state index in [9.17, 15) is 0 Å². The van der Waals surface area contributed by atoms with Crippen LogP contribution in [0.2, 0.25) is 0 Å². The zero-order valence-electron chi connectivity index (χ0n) is 30.5. The summed E-state index contributed by atoms with van der Waals surface area (Å²) < 4.78 is 0. The molecule has 0 spiro atoms. The second kappa shape index (κ2) is 14.4. The zero-order chi connectivity index (χ0) is 37.3. The van der Waals surface area contributed by atoms with Gasteiger partial charge in [-0.25, -0.2) is 4.98 Å². The lowest BCUT2D eigenvalue weighted by molar-refractivity contribution is 0.798. The molecule has 10 rings (SSSR count). The average Bonchev–Trinajstić information content (AvgIpc) is 3.94. The third kappa shape index (κ3) is 6.23. The molecule has 0 fully saturated rings. The van der Waals surface area contributed by atoms with Gasteiger partial charge in [-0.2, -0.15) is 0 Å². The highest BCUT2D eigenvalue weighted by Gasteiger charge is 2.25. The third-order valence-electron chi connectivity index (χ3n) is 10.5. The molecule has 0 radical (unpaired) electrons. The van der Waals surface area contributed by atoms with Crippen LogP contribution in [0.15, 0.2) is 216 Å². The summed E-state index contributed by atoms with van der Waals surface area (Å²) in [5.74, 6) is 0.843. The number of imidazole rings is 1. The number of aliphatic imine (C=N–C) groups is 2. The van der Waals surface area contributed by atoms with Crippen molar-refractivity contribution in [1.82, 2.24) is 9.97 Å². The van der Waals surface area contributed by atoms with Gasteiger partial charge in [-0.15, -0.1) is 0 Å². The fourth-order valence-corrected chi connectivity index (χ4v) is 7.75. The number of nitrogens with zero attached hydrogens (tertiary/aromatic N) is 3. The van der Waals surface area contributed by atoms with E-state index >= 15 is 0 Å². The Balaban J connectivity index is 0.988. The summed E-state index contributed by atoms with van der Waals surface area (Å²) in [4.78, 5) is 19.1. The van der Waals surface area contributed by atoms with Gasteiger partial charge in [-0.3, -0.25) is 9.98 Å². The first-order valence-electron chi connectivity index (χ1n) is 19.0. The van der Waals surface area contributed by atoms with Crippen LogP contribution in [0.25, 0.3) is 66.9 Å². The molecule has 4 heteroatoms. The van der Waals surface area contributed by atoms with Crippen LogP contribution in [0.4, 0.5) is 0 Å². The minimum Gasteiger partial charge on any atom is -0.337 e. The van der Waals surface area contributed by atoms with E-state index in [1.807, 2.05) is 24.3 Å². The molecule has 0 bridgehead atoms. The van der Waals surface area contributed by atoms with Gasteiger partial charge in [0.15, 0.2) is 6.17 Å². The minimum absolute atomic E-state index is 0.308. The van der Waals surface area contributed by atoms with Crippen molar-refractivity contribution in [2.45, 2.75) is 6.17 Å². The van der Waals surface area contributed by atoms with Crippen LogP contribution in [0.3, 0.4) is 0 Å². The summed E-state index contributed by atoms with van der Waals surface area (Å²) in [6.45, 7) is 0. The SMILES string of the molecule is c1ccc(C2=NC(c3ccc(-c4cccc5cccc(-c6ccc(-c7nc(-c8ccccc8)c(-c8ccccc8)[nH]7)cc6)c45)cc3)N=C2c2ccccc2)cc1. The largest absolute Gasteiger partial charge is 0.337 e. The Morgan fingerprint density at radius 2 is 0.804 bits per heavy atom. The van der Waals surface area contributed by atoms with Gasteiger partial charge in [0.25, 0.3) is 0 Å². The van der Waals surface area contributed by atoms with Crippen molar-refractivity contribution in [3.05, 3.63) is 223 Å². The number of hydrogen-bond donors (Lipinski definition) is 1. The number of benzene rings is 8. The first-order chi connectivity index (χ1) is 27.8. The smallest absolute Gasteiger partial charge is 0.166 e. The molecule has 1 N–H and O–H groups in total. The van der Waals surface area contributed by atoms with Crippen molar-refractivity contribution in [3.8, 4) is 56.2 Å². The Labute approximate surface area is 326 Å². The second-order valence-corrected chi connectivity index (χ2v) is 14.0. The number of rotatable bonds is 8. The van der Waals surface area contributed by atoms with Crippen molar-refractivity contribution >= 4 is 22.2 Å². The van der Waals surface area contributed by atoms with Gasteiger partial charge in [-0.05, 0) is 38.6 Å². The molecule has 1 aliphatic heterocycles. The van der Waals surface area contributed by atoms with E-state index in [1.165, 1.54) is 21.9 Å². The lowest BCUT2D eigenvalue weighted by Crippen LogP contribution is -2.13. The maximum atomic E-state index is 5.16. The summed E-state index contributed by atoms with van der Waals surface area (Å²) in [6, 6.07) is 72.2. The number of aromatic nitrogens is 2. The first-order valence-corrected chi connectivity index (χ1v) is 19.0. The van der Waals surface area contributed by atoms with Gasteiger partial charge in [0.1, 0.15) is 5.82 Å². The Kier molecular flexibility index (Phi) is 8.54. The topological polar surface area (TPSA) is 53.4 Å². The van der Waals surface area contributed by atoms with Crippen molar-refractivity contribution in [2.75, 3.05) is 0 Å². The Morgan fingerprint density at radius 1 is 0.357 bits per heavy atom. The fourth-order valence-electron chi connectivity index (χ4n) is 7.75. The Hall–Kier alpha value is -7.43. The minimum atomic E-state index is -0.308. The van der Waals surface area contributed by atoms with Crippen LogP contribution in [0.5, 0.6) is 0 Å². The Morgan fingerprint density at radius 3 is 1.32 bits per heavy atom. The lowest BCUT2D eigenvalue weighted by Gasteiger charge is -2.14. The molecule has 0 atom stereocenters. The number of H-pyrrole nitrogens is 1. The van der Waals surface area contributed by atoms with Gasteiger partial charge in [-0.1, -0.05) is 206 Å². The molecule has 9 aromatic rings. The van der Waals surface area contributed by atoms with E-state index in [4.69, 9.17) is 15.0 Å². The van der Waals surface area contributed by atoms with E-state index in [0.29, 0.717) is 0 Å². The highest BCUT2D eigenvalue weighted by molar-refractivity contribution is 6.54. The van der Waals surface area contributed by atoms with Crippen LogP contribution in [-0.2, 0) is 0 Å². The molecule has 8 aromatic carbocycles. The highest BCUT2D eigenvalue weighted by Crippen LogP contribution is 2.39. The summed E-state index contributed by atoms with van der Waals surface area (Å²) in [7, 11) is 0. The molecular formula is C52H36N4. The van der Waals surface area contributed by atoms with Gasteiger partial charge in [0, 0.05) is 27.8 Å². The molecule has 0 amide bonds. The highest BCUT2D eigenvalue weighted by atomic mass is 15.1. The monoisotopic (exact) mass is 716 g/mol. The van der Waals surface area contributed by atoms with Crippen LogP contribution in [0, 0.1) is 0 Å². The maximum absolute atomic E-state index is 5.16. The van der Waals surface area contributed by atoms with Crippen LogP contribution >= 0.6 is 0 Å². The van der Waals surface area contributed by atoms with Crippen LogP contribution in [0.1, 0.15) is 22.9 Å². The van der Waals surface area contributed by atoms with E-state index in [1.54, 1.807) is 0 Å². The summed E-state index contributed by atoms with van der Waals surface area (Å²) in [5, 5.41) is 2.42. The number of aromatic amines is 1. The average molecular weight is 717 g/mol. The van der Waals surface area contributed by atoms with Crippen molar-refractivity contribution < 1.29 is 0 Å². The molecular weight excluding hydrogens is 681 g/mol. The normalized spacial score (nSPS) is 12.8. The van der Waals surface area contributed by atoms with Gasteiger partial charge >= 0.3 is 0 Å². The van der Waals surface area contributed by atoms with E-state index in [2.05, 4.69) is 187 Å². The molecule has 0 saturated heterocycles. The van der Waals surface area contributed by atoms with Crippen LogP contribution in [-0.4, -0.2) is 21.4 Å². The number of hydrogen-bond acceptors (Lipinski definition) is 3. The van der Waals surface area contributed by atoms with E-state index in [-0.39, 0.29) is 6.17 Å². The first kappa shape index (κ1) is 33.2. The second-order valence-electron chi connectivity index (χ2n) is 14.0. The Bertz CT molecular complexity index is 2740. The number of fused-ring (bicyclic) bond motifs is 1. The summed E-state index contributed by atoms with van der Waals surface area (Å²) in [5.41, 5.74) is 14.9. The standard InChI is InChI=1S/C52H36N4/c1-5-15-38(16-6-1)47-48(39-17-7-2-8-18-39)54-51(53-47)42-31-27-35(28-32-42)44-25-13-23-37-24-14-26-45(46(37)44)36-29-33-43(34-30-36)52-55-49(40-19-9-3-10-20-40)50(56-52)41-21-11-4-12-22-41/h1-34,51H,(H,55,56). The predicted molar refractivity (Wildman–Crippen MR) is 232 cm³/mol. The zero-order valence-corrected chi connectivity index (χ0v) is 30.5. The van der Waals surface area contributed by atoms with Crippen molar-refractivity contribution in [1.29, 1.82) is 0 Å². The van der Waals surface area contributed by atoms with Crippen molar-refractivity contribution in [2.24, 2.45) is 9.98 Å².